The summed E-state index contributed by atoms with van der Waals surface area (Å²) in [7, 11) is 0. The van der Waals surface area contributed by atoms with E-state index in [1.165, 1.54) is 4.90 Å². The molecule has 0 bridgehead atoms. The predicted molar refractivity (Wildman–Crippen MR) is 140 cm³/mol. The zero-order chi connectivity index (χ0) is 26.6. The van der Waals surface area contributed by atoms with Crippen molar-refractivity contribution in [2.75, 3.05) is 44.7 Å². The molecule has 0 unspecified atom stereocenters. The van der Waals surface area contributed by atoms with E-state index in [9.17, 15) is 14.4 Å². The van der Waals surface area contributed by atoms with Crippen molar-refractivity contribution < 1.29 is 23.9 Å². The molecule has 11 heteroatoms. The molecule has 0 radical (unpaired) electrons. The van der Waals surface area contributed by atoms with E-state index in [4.69, 9.17) is 26.7 Å². The Morgan fingerprint density at radius 2 is 1.62 bits per heavy atom. The molecule has 0 aliphatic carbocycles. The molecule has 200 valence electrons. The Morgan fingerprint density at radius 1 is 0.919 bits per heavy atom. The molecule has 1 aliphatic rings. The highest BCUT2D eigenvalue weighted by molar-refractivity contribution is 5.99. The number of rotatable bonds is 13. The number of hydrogen-bond acceptors (Lipinski definition) is 8. The molecule has 3 rings (SSSR count). The number of fused-ring (bicyclic) bond motifs is 1. The number of para-hydroxylation sites is 1. The molecule has 37 heavy (non-hydrogen) atoms. The third-order valence-electron chi connectivity index (χ3n) is 5.90. The molecule has 11 nitrogen and oxygen atoms in total. The molecule has 2 atom stereocenters. The van der Waals surface area contributed by atoms with Gasteiger partial charge in [0.25, 0.3) is 0 Å². The Labute approximate surface area is 216 Å². The number of nitrogens with zero attached hydrogens (tertiary/aromatic N) is 1. The number of carbonyl (C=O) groups is 3. The van der Waals surface area contributed by atoms with Crippen LogP contribution in [0, 0.1) is 0 Å². The van der Waals surface area contributed by atoms with Crippen LogP contribution < -0.4 is 37.3 Å². The van der Waals surface area contributed by atoms with Gasteiger partial charge in [0.1, 0.15) is 19.3 Å². The summed E-state index contributed by atoms with van der Waals surface area (Å²) < 4.78 is 11.3. The highest BCUT2D eigenvalue weighted by Gasteiger charge is 2.27. The maximum atomic E-state index is 13.3. The van der Waals surface area contributed by atoms with E-state index in [1.807, 2.05) is 30.3 Å². The van der Waals surface area contributed by atoms with E-state index in [0.717, 1.165) is 5.56 Å². The number of aryl methyl sites for hydroxylation is 1. The monoisotopic (exact) mass is 512 g/mol. The van der Waals surface area contributed by atoms with Gasteiger partial charge in [0.15, 0.2) is 11.5 Å². The number of anilines is 1. The fourth-order valence-electron chi connectivity index (χ4n) is 3.98. The Morgan fingerprint density at radius 3 is 2.32 bits per heavy atom. The van der Waals surface area contributed by atoms with Crippen molar-refractivity contribution in [2.24, 2.45) is 17.2 Å². The lowest BCUT2D eigenvalue weighted by Gasteiger charge is -2.25. The largest absolute Gasteiger partial charge is 0.486 e. The molecular formula is C26H36N6O5. The molecule has 1 heterocycles. The Balaban J connectivity index is 1.70. The molecule has 0 saturated carbocycles. The van der Waals surface area contributed by atoms with Crippen LogP contribution in [0.1, 0.15) is 18.4 Å². The minimum Gasteiger partial charge on any atom is -0.486 e. The fraction of sp³-hybridized carbons (Fsp3) is 0.423. The molecule has 3 amide bonds. The smallest absolute Gasteiger partial charge is 0.247 e. The summed E-state index contributed by atoms with van der Waals surface area (Å²) in [4.78, 5) is 40.3. The first-order valence-electron chi connectivity index (χ1n) is 12.4. The van der Waals surface area contributed by atoms with E-state index >= 15 is 0 Å². The topological polar surface area (TPSA) is 175 Å². The van der Waals surface area contributed by atoms with Crippen molar-refractivity contribution in [3.05, 3.63) is 54.1 Å². The second-order valence-electron chi connectivity index (χ2n) is 8.67. The van der Waals surface area contributed by atoms with Gasteiger partial charge >= 0.3 is 0 Å². The number of hydrogen-bond donors (Lipinski definition) is 5. The van der Waals surface area contributed by atoms with Crippen molar-refractivity contribution in [3.8, 4) is 11.5 Å². The van der Waals surface area contributed by atoms with Gasteiger partial charge in [-0.15, -0.1) is 0 Å². The fourth-order valence-corrected chi connectivity index (χ4v) is 3.98. The van der Waals surface area contributed by atoms with Crippen molar-refractivity contribution in [2.45, 2.75) is 31.3 Å². The van der Waals surface area contributed by atoms with Gasteiger partial charge in [0.05, 0.1) is 18.2 Å². The SMILES string of the molecule is NCCN(CCN)C(=O)C[C@H](N)C(=O)N[C@@H](CCc1ccccc1)C(=O)Nc1cccc2c1OCCO2. The molecular weight excluding hydrogens is 476 g/mol. The minimum atomic E-state index is -1.14. The number of ether oxygens (including phenoxy) is 2. The van der Waals surface area contributed by atoms with Crippen LogP contribution in [0.4, 0.5) is 5.69 Å². The van der Waals surface area contributed by atoms with Crippen LogP contribution in [-0.4, -0.2) is 74.1 Å². The normalized spacial score (nSPS) is 13.8. The van der Waals surface area contributed by atoms with Gasteiger partial charge in [-0.1, -0.05) is 36.4 Å². The lowest BCUT2D eigenvalue weighted by atomic mass is 10.0. The molecule has 2 aromatic carbocycles. The second-order valence-corrected chi connectivity index (χ2v) is 8.67. The quantitative estimate of drug-likeness (QED) is 0.249. The molecule has 0 spiro atoms. The van der Waals surface area contributed by atoms with Crippen LogP contribution in [0.5, 0.6) is 11.5 Å². The summed E-state index contributed by atoms with van der Waals surface area (Å²) in [5, 5.41) is 5.57. The van der Waals surface area contributed by atoms with Crippen molar-refractivity contribution >= 4 is 23.4 Å². The van der Waals surface area contributed by atoms with E-state index in [2.05, 4.69) is 10.6 Å². The van der Waals surface area contributed by atoms with Crippen molar-refractivity contribution in [1.82, 2.24) is 10.2 Å². The number of amides is 3. The average molecular weight is 513 g/mol. The summed E-state index contributed by atoms with van der Waals surface area (Å²) >= 11 is 0. The maximum absolute atomic E-state index is 13.3. The number of benzene rings is 2. The molecule has 8 N–H and O–H groups in total. The van der Waals surface area contributed by atoms with Crippen LogP contribution in [0.15, 0.2) is 48.5 Å². The number of nitrogens with one attached hydrogen (secondary N) is 2. The van der Waals surface area contributed by atoms with Crippen LogP contribution in [0.2, 0.25) is 0 Å². The molecule has 2 aromatic rings. The van der Waals surface area contributed by atoms with Gasteiger partial charge in [-0.05, 0) is 30.5 Å². The van der Waals surface area contributed by atoms with Gasteiger partial charge in [0, 0.05) is 26.2 Å². The van der Waals surface area contributed by atoms with Crippen LogP contribution >= 0.6 is 0 Å². The highest BCUT2D eigenvalue weighted by atomic mass is 16.6. The molecule has 0 fully saturated rings. The zero-order valence-corrected chi connectivity index (χ0v) is 20.9. The summed E-state index contributed by atoms with van der Waals surface area (Å²) in [5.74, 6) is -0.377. The Hall–Kier alpha value is -3.67. The van der Waals surface area contributed by atoms with E-state index in [0.29, 0.717) is 56.3 Å². The summed E-state index contributed by atoms with van der Waals surface area (Å²) in [6.07, 6.45) is 0.637. The first kappa shape index (κ1) is 27.9. The first-order chi connectivity index (χ1) is 17.9. The number of carbonyl (C=O) groups excluding carboxylic acids is 3. The summed E-state index contributed by atoms with van der Waals surface area (Å²) in [6, 6.07) is 12.8. The van der Waals surface area contributed by atoms with E-state index in [1.54, 1.807) is 18.2 Å². The first-order valence-corrected chi connectivity index (χ1v) is 12.4. The molecule has 1 aliphatic heterocycles. The second kappa shape index (κ2) is 14.2. The molecule has 0 saturated heterocycles. The predicted octanol–water partition coefficient (Wildman–Crippen LogP) is -0.0227. The number of nitrogens with two attached hydrogens (primary N) is 3. The van der Waals surface area contributed by atoms with Crippen LogP contribution in [0.25, 0.3) is 0 Å². The third-order valence-corrected chi connectivity index (χ3v) is 5.90. The lowest BCUT2D eigenvalue weighted by Crippen LogP contribution is -2.52. The van der Waals surface area contributed by atoms with Gasteiger partial charge < -0.3 is 42.2 Å². The van der Waals surface area contributed by atoms with E-state index in [-0.39, 0.29) is 25.4 Å². The Bertz CT molecular complexity index is 1050. The van der Waals surface area contributed by atoms with Gasteiger partial charge in [-0.25, -0.2) is 0 Å². The average Bonchev–Trinajstić information content (AvgIpc) is 2.91. The molecule has 0 aromatic heterocycles. The summed E-state index contributed by atoms with van der Waals surface area (Å²) in [5.41, 5.74) is 18.7. The van der Waals surface area contributed by atoms with Crippen LogP contribution in [0.3, 0.4) is 0 Å². The van der Waals surface area contributed by atoms with Crippen molar-refractivity contribution in [3.63, 3.8) is 0 Å². The van der Waals surface area contributed by atoms with Crippen molar-refractivity contribution in [1.29, 1.82) is 0 Å². The van der Waals surface area contributed by atoms with Crippen LogP contribution in [-0.2, 0) is 20.8 Å². The third kappa shape index (κ3) is 8.17. The summed E-state index contributed by atoms with van der Waals surface area (Å²) in [6.45, 7) is 1.96. The Kier molecular flexibility index (Phi) is 10.7. The highest BCUT2D eigenvalue weighted by Crippen LogP contribution is 2.37. The maximum Gasteiger partial charge on any atom is 0.247 e. The lowest BCUT2D eigenvalue weighted by molar-refractivity contribution is -0.134. The zero-order valence-electron chi connectivity index (χ0n) is 20.9. The minimum absolute atomic E-state index is 0.226. The van der Waals surface area contributed by atoms with Gasteiger partial charge in [-0.3, -0.25) is 14.4 Å². The van der Waals surface area contributed by atoms with Gasteiger partial charge in [0.2, 0.25) is 17.7 Å². The van der Waals surface area contributed by atoms with Gasteiger partial charge in [-0.2, -0.15) is 0 Å². The standard InChI is InChI=1S/C26H36N6O5/c27-11-13-32(14-12-28)23(33)17-19(29)25(34)31-21(10-9-18-5-2-1-3-6-18)26(35)30-20-7-4-8-22-24(20)37-16-15-36-22/h1-8,19,21H,9-17,27-29H2,(H,30,35)(H,31,34)/t19-,21-/m0/s1. The van der Waals surface area contributed by atoms with E-state index < -0.39 is 23.9 Å².